The van der Waals surface area contributed by atoms with E-state index in [-0.39, 0.29) is 76.5 Å². The molecule has 3 aliphatic rings. The summed E-state index contributed by atoms with van der Waals surface area (Å²) in [6.45, 7) is 8.81. The van der Waals surface area contributed by atoms with Crippen molar-refractivity contribution in [3.63, 3.8) is 0 Å². The number of likely N-dealkylation sites (N-methyl/N-ethyl adjacent to an activating group) is 1. The van der Waals surface area contributed by atoms with E-state index in [1.807, 2.05) is 0 Å². The molecule has 8 N–H and O–H groups in total. The monoisotopic (exact) mass is 1080 g/mol. The lowest BCUT2D eigenvalue weighted by molar-refractivity contribution is -0.140. The molecule has 23 heteroatoms. The summed E-state index contributed by atoms with van der Waals surface area (Å²) in [5.41, 5.74) is 2.47. The number of benzene rings is 1. The zero-order valence-electron chi connectivity index (χ0n) is 43.9. The van der Waals surface area contributed by atoms with E-state index in [0.29, 0.717) is 52.9 Å². The first-order valence-corrected chi connectivity index (χ1v) is 25.7. The van der Waals surface area contributed by atoms with E-state index in [1.165, 1.54) is 27.0 Å². The predicted molar refractivity (Wildman–Crippen MR) is 273 cm³/mol. The van der Waals surface area contributed by atoms with Crippen LogP contribution >= 0.6 is 0 Å². The van der Waals surface area contributed by atoms with Crippen LogP contribution in [0.25, 0.3) is 22.3 Å². The van der Waals surface area contributed by atoms with E-state index in [0.717, 1.165) is 38.5 Å². The molecular formula is C54H69FN6O16. The number of nitrogens with one attached hydrogen (secondary N) is 2. The van der Waals surface area contributed by atoms with Crippen molar-refractivity contribution in [3.05, 3.63) is 86.7 Å². The fourth-order valence-corrected chi connectivity index (χ4v) is 9.68. The Balaban J connectivity index is 0.995. The fraction of sp³-hybridized carbons (Fsp3) is 0.537. The maximum absolute atomic E-state index is 15.0. The number of ketones is 2. The molecule has 0 bridgehead atoms. The number of pyridine rings is 2. The van der Waals surface area contributed by atoms with Gasteiger partial charge in [-0.2, -0.15) is 0 Å². The summed E-state index contributed by atoms with van der Waals surface area (Å²) in [6.07, 6.45) is -5.01. The molecule has 0 saturated heterocycles. The van der Waals surface area contributed by atoms with Gasteiger partial charge in [-0.3, -0.25) is 43.3 Å². The van der Waals surface area contributed by atoms with Crippen LogP contribution in [0.2, 0.25) is 0 Å². The van der Waals surface area contributed by atoms with Crippen LogP contribution in [0.3, 0.4) is 0 Å². The topological polar surface area (TPSA) is 325 Å². The highest BCUT2D eigenvalue weighted by atomic mass is 19.1. The summed E-state index contributed by atoms with van der Waals surface area (Å²) in [6, 6.07) is 3.74. The highest BCUT2D eigenvalue weighted by molar-refractivity contribution is 6.13. The van der Waals surface area contributed by atoms with E-state index < -0.39 is 114 Å². The minimum Gasteiger partial charge on any atom is -0.490 e. The molecule has 5 amide bonds. The molecule has 0 fully saturated rings. The number of carbonyl (C=O) groups is 7. The predicted octanol–water partition coefficient (Wildman–Crippen LogP) is 0.592. The van der Waals surface area contributed by atoms with Gasteiger partial charge < -0.3 is 60.2 Å². The number of rotatable bonds is 28. The van der Waals surface area contributed by atoms with E-state index >= 15 is 0 Å². The van der Waals surface area contributed by atoms with Gasteiger partial charge in [-0.1, -0.05) is 20.4 Å². The molecule has 0 aliphatic carbocycles. The molecule has 3 aromatic rings. The number of aryl methyl sites for hydroxylation is 2. The first kappa shape index (κ1) is 59.6. The van der Waals surface area contributed by atoms with Crippen molar-refractivity contribution in [1.82, 2.24) is 30.0 Å². The highest BCUT2D eigenvalue weighted by Gasteiger charge is 2.42. The van der Waals surface area contributed by atoms with Gasteiger partial charge in [0.15, 0.2) is 5.78 Å². The summed E-state index contributed by atoms with van der Waals surface area (Å²) in [7, 11) is 1.26. The van der Waals surface area contributed by atoms with Gasteiger partial charge in [-0.15, -0.1) is 0 Å². The van der Waals surface area contributed by atoms with Gasteiger partial charge >= 0.3 is 0 Å². The Hall–Kier alpha value is -6.60. The molecule has 0 radical (unpaired) electrons. The van der Waals surface area contributed by atoms with E-state index in [9.17, 15) is 68.3 Å². The number of imide groups is 1. The molecule has 8 atom stereocenters. The average molecular weight is 1080 g/mol. The van der Waals surface area contributed by atoms with Crippen molar-refractivity contribution in [2.75, 3.05) is 40.1 Å². The number of carbonyl (C=O) groups excluding carboxylic acids is 7. The van der Waals surface area contributed by atoms with Crippen LogP contribution in [0.1, 0.15) is 100.0 Å². The van der Waals surface area contributed by atoms with Gasteiger partial charge in [0.1, 0.15) is 60.7 Å². The maximum Gasteiger partial charge on any atom is 0.258 e. The number of fused-ring (bicyclic) bond motifs is 5. The molecular weight excluding hydrogens is 1010 g/mol. The minimum atomic E-state index is -1.94. The van der Waals surface area contributed by atoms with Crippen molar-refractivity contribution in [3.8, 4) is 11.4 Å². The van der Waals surface area contributed by atoms with Crippen LogP contribution in [-0.2, 0) is 68.2 Å². The SMILES string of the molecule is C=C1OCc2c(cc3n(c2=O)Cc2c-3nc3cc(F)c(C)cc3c2CCCCOCNC(=O)[C@H](C)CC(=O)[C@H](C)NC(=O)[C@H](CCC(=O)N(C)C[C@H](O)[C@@H](O)[C@H](O)[C@H](O)CO)CC(=O)CCN2C(=O)C=CC2=O)[C@@]1(O)CC. The minimum absolute atomic E-state index is 0.0340. The first-order chi connectivity index (χ1) is 36.4. The quantitative estimate of drug-likeness (QED) is 0.0219. The summed E-state index contributed by atoms with van der Waals surface area (Å²) in [5.74, 6) is -6.51. The Bertz CT molecular complexity index is 2870. The Morgan fingerprint density at radius 2 is 1.65 bits per heavy atom. The Morgan fingerprint density at radius 3 is 2.32 bits per heavy atom. The number of hydrogen-bond acceptors (Lipinski definition) is 17. The van der Waals surface area contributed by atoms with Crippen molar-refractivity contribution in [1.29, 1.82) is 0 Å². The molecule has 2 aromatic heterocycles. The van der Waals surface area contributed by atoms with Crippen LogP contribution in [0.4, 0.5) is 4.39 Å². The van der Waals surface area contributed by atoms with E-state index in [4.69, 9.17) is 19.6 Å². The van der Waals surface area contributed by atoms with Gasteiger partial charge in [0.25, 0.3) is 17.4 Å². The van der Waals surface area contributed by atoms with Gasteiger partial charge in [-0.05, 0) is 69.2 Å². The van der Waals surface area contributed by atoms with Crippen LogP contribution < -0.4 is 16.2 Å². The molecule has 0 spiro atoms. The van der Waals surface area contributed by atoms with Crippen molar-refractivity contribution in [2.45, 2.75) is 135 Å². The third kappa shape index (κ3) is 13.6. The number of unbranched alkanes of at least 4 members (excludes halogenated alkanes) is 1. The number of amides is 5. The average Bonchev–Trinajstić information content (AvgIpc) is 4.03. The lowest BCUT2D eigenvalue weighted by Crippen LogP contribution is -2.50. The number of Topliss-reactive ketones (excluding diaryl/α,β-unsaturated/α-hetero) is 2. The maximum atomic E-state index is 15.0. The molecule has 3 aliphatic heterocycles. The molecule has 77 heavy (non-hydrogen) atoms. The first-order valence-electron chi connectivity index (χ1n) is 25.7. The number of aliphatic hydroxyl groups is 6. The van der Waals surface area contributed by atoms with E-state index in [2.05, 4.69) is 17.2 Å². The van der Waals surface area contributed by atoms with Gasteiger partial charge in [-0.25, -0.2) is 9.37 Å². The van der Waals surface area contributed by atoms with Gasteiger partial charge in [0, 0.05) is 99.0 Å². The van der Waals surface area contributed by atoms with Gasteiger partial charge in [0.2, 0.25) is 17.7 Å². The summed E-state index contributed by atoms with van der Waals surface area (Å²) < 4.78 is 27.9. The van der Waals surface area contributed by atoms with Gasteiger partial charge in [0.05, 0.1) is 41.7 Å². The van der Waals surface area contributed by atoms with E-state index in [1.54, 1.807) is 30.5 Å². The lowest BCUT2D eigenvalue weighted by Gasteiger charge is -2.35. The number of aliphatic hydroxyl groups excluding tert-OH is 5. The number of ether oxygens (including phenoxy) is 2. The van der Waals surface area contributed by atoms with Crippen LogP contribution in [0.5, 0.6) is 0 Å². The van der Waals surface area contributed by atoms with Crippen molar-refractivity contribution >= 4 is 52.0 Å². The van der Waals surface area contributed by atoms with Crippen LogP contribution in [0, 0.1) is 24.6 Å². The number of nitrogens with zero attached hydrogens (tertiary/aromatic N) is 4. The Kier molecular flexibility index (Phi) is 19.9. The second-order valence-corrected chi connectivity index (χ2v) is 20.1. The zero-order valence-corrected chi connectivity index (χ0v) is 43.9. The number of halogens is 1. The third-order valence-corrected chi connectivity index (χ3v) is 14.6. The van der Waals surface area contributed by atoms with Crippen molar-refractivity contribution in [2.24, 2.45) is 11.8 Å². The molecule has 22 nitrogen and oxygen atoms in total. The second-order valence-electron chi connectivity index (χ2n) is 20.1. The summed E-state index contributed by atoms with van der Waals surface area (Å²) >= 11 is 0. The Labute approximate surface area is 443 Å². The van der Waals surface area contributed by atoms with Crippen LogP contribution in [0.15, 0.2) is 47.5 Å². The summed E-state index contributed by atoms with van der Waals surface area (Å²) in [5, 5.41) is 66.7. The molecule has 1 aromatic carbocycles. The molecule has 5 heterocycles. The summed E-state index contributed by atoms with van der Waals surface area (Å²) in [4.78, 5) is 111. The highest BCUT2D eigenvalue weighted by Crippen LogP contribution is 2.43. The number of aromatic nitrogens is 2. The normalized spacial score (nSPS) is 18.4. The number of hydrogen-bond donors (Lipinski definition) is 8. The fourth-order valence-electron chi connectivity index (χ4n) is 9.68. The molecule has 0 unspecified atom stereocenters. The van der Waals surface area contributed by atoms with Crippen molar-refractivity contribution < 1.29 is 78.1 Å². The molecule has 0 saturated carbocycles. The second kappa shape index (κ2) is 25.7. The smallest absolute Gasteiger partial charge is 0.258 e. The Morgan fingerprint density at radius 1 is 0.961 bits per heavy atom. The lowest BCUT2D eigenvalue weighted by atomic mass is 9.84. The third-order valence-electron chi connectivity index (χ3n) is 14.6. The molecule has 418 valence electrons. The standard InChI is InChI=1S/C54H69FN6O16/c1-7-54(75)31(5)77-26-37-38(54)21-41-48-36(23-61(41)53(37)74)34(35-18-28(2)39(55)22-40(35)58-48)10-8-9-17-76-27-56-51(72)29(3)19-42(64)30(4)57-52(73)32(20-33(63)15-16-60-46(68)13-14-47(60)69)11-12-45(67)59(6)24-43(65)49(70)50(71)44(66)25-62/h13-14,18,21-22,29-30,32,43-44,49-50,62,65-66,70-71,75H,5,7-12,15-17,19-20,23-27H2,1-4,6H3,(H,56,72)(H,57,73)/t29-,30+,32-,43+,44-,49-,50-,54-/m1/s1. The van der Waals surface area contributed by atoms with Crippen LogP contribution in [-0.4, -0.2) is 162 Å². The zero-order chi connectivity index (χ0) is 56.6. The largest absolute Gasteiger partial charge is 0.490 e. The molecule has 6 rings (SSSR count).